The van der Waals surface area contributed by atoms with Gasteiger partial charge in [0.05, 0.1) is 17.5 Å². The van der Waals surface area contributed by atoms with E-state index in [1.807, 2.05) is 55.8 Å². The van der Waals surface area contributed by atoms with Crippen molar-refractivity contribution in [2.24, 2.45) is 0 Å². The van der Waals surface area contributed by atoms with E-state index in [2.05, 4.69) is 27.8 Å². The molecule has 0 saturated carbocycles. The number of aromatic nitrogens is 6. The van der Waals surface area contributed by atoms with E-state index in [4.69, 9.17) is 19.8 Å². The lowest BCUT2D eigenvalue weighted by Gasteiger charge is -2.36. The number of aromatic hydroxyl groups is 1. The number of ether oxygens (including phenoxy) is 1. The topological polar surface area (TPSA) is 114 Å². The number of hydrogen-bond donors (Lipinski definition) is 1. The molecule has 4 heterocycles. The zero-order valence-corrected chi connectivity index (χ0v) is 23.8. The van der Waals surface area contributed by atoms with Crippen LogP contribution in [0.3, 0.4) is 0 Å². The van der Waals surface area contributed by atoms with Crippen molar-refractivity contribution in [2.75, 3.05) is 36.0 Å². The number of carbonyl (C=O) groups is 1. The number of para-hydroxylation sites is 1. The van der Waals surface area contributed by atoms with Crippen LogP contribution in [0.25, 0.3) is 27.9 Å². The molecule has 11 heteroatoms. The zero-order valence-electron chi connectivity index (χ0n) is 23.8. The molecule has 3 aromatic heterocycles. The van der Waals surface area contributed by atoms with Gasteiger partial charge >= 0.3 is 5.97 Å². The summed E-state index contributed by atoms with van der Waals surface area (Å²) in [5.74, 6) is 1.02. The van der Waals surface area contributed by atoms with Gasteiger partial charge in [-0.25, -0.2) is 9.67 Å². The number of imidazole rings is 1. The summed E-state index contributed by atoms with van der Waals surface area (Å²) in [6, 6.07) is 15.4. The Morgan fingerprint density at radius 3 is 2.39 bits per heavy atom. The fourth-order valence-electron chi connectivity index (χ4n) is 5.22. The Bertz CT molecular complexity index is 1710. The van der Waals surface area contributed by atoms with Gasteiger partial charge in [-0.15, -0.1) is 0 Å². The summed E-state index contributed by atoms with van der Waals surface area (Å²) >= 11 is 0. The molecule has 212 valence electrons. The van der Waals surface area contributed by atoms with Gasteiger partial charge in [0.15, 0.2) is 17.0 Å². The average molecular weight is 555 g/mol. The highest BCUT2D eigenvalue weighted by Gasteiger charge is 2.25. The van der Waals surface area contributed by atoms with E-state index in [9.17, 15) is 9.90 Å². The van der Waals surface area contributed by atoms with E-state index in [0.717, 1.165) is 41.8 Å². The minimum Gasteiger partial charge on any atom is -0.508 e. The van der Waals surface area contributed by atoms with Crippen LogP contribution in [-0.2, 0) is 22.5 Å². The molecule has 0 unspecified atom stereocenters. The van der Waals surface area contributed by atoms with Crippen molar-refractivity contribution < 1.29 is 14.6 Å². The smallest absolute Gasteiger partial charge is 0.326 e. The third kappa shape index (κ3) is 5.27. The van der Waals surface area contributed by atoms with Crippen molar-refractivity contribution in [1.29, 1.82) is 0 Å². The number of benzene rings is 2. The number of phenolic OH excluding ortho intramolecular Hbond substituents is 1. The van der Waals surface area contributed by atoms with Crippen LogP contribution >= 0.6 is 0 Å². The van der Waals surface area contributed by atoms with Crippen LogP contribution in [0, 0.1) is 0 Å². The molecule has 1 saturated heterocycles. The number of esters is 1. The Kier molecular flexibility index (Phi) is 6.72. The summed E-state index contributed by atoms with van der Waals surface area (Å²) in [5.41, 5.74) is 3.50. The SMILES string of the molecule is CCc1nn(-c2nc(N3CCN(c4ccc(O)cc4)CC3)nc3c2ncn3CC(=O)OC(C)(C)C)c2ccccc12. The van der Waals surface area contributed by atoms with Gasteiger partial charge in [-0.2, -0.15) is 15.1 Å². The first kappa shape index (κ1) is 26.5. The number of hydrogen-bond acceptors (Lipinski definition) is 9. The minimum absolute atomic E-state index is 0.0155. The molecule has 0 aliphatic carbocycles. The first-order valence-electron chi connectivity index (χ1n) is 13.9. The summed E-state index contributed by atoms with van der Waals surface area (Å²) < 4.78 is 9.14. The number of fused-ring (bicyclic) bond motifs is 2. The molecule has 1 aliphatic heterocycles. The third-order valence-electron chi connectivity index (χ3n) is 7.13. The normalized spacial score (nSPS) is 14.2. The van der Waals surface area contributed by atoms with Gasteiger partial charge in [0.1, 0.15) is 17.9 Å². The van der Waals surface area contributed by atoms with Crippen molar-refractivity contribution in [3.63, 3.8) is 0 Å². The molecule has 0 spiro atoms. The summed E-state index contributed by atoms with van der Waals surface area (Å²) in [4.78, 5) is 31.8. The second-order valence-corrected chi connectivity index (χ2v) is 11.2. The van der Waals surface area contributed by atoms with Crippen molar-refractivity contribution in [1.82, 2.24) is 29.3 Å². The molecule has 0 bridgehead atoms. The maximum atomic E-state index is 12.8. The predicted molar refractivity (Wildman–Crippen MR) is 158 cm³/mol. The lowest BCUT2D eigenvalue weighted by molar-refractivity contribution is -0.155. The number of piperazine rings is 1. The number of carbonyl (C=O) groups excluding carboxylic acids is 1. The molecule has 2 aromatic carbocycles. The van der Waals surface area contributed by atoms with Gasteiger partial charge < -0.3 is 24.2 Å². The number of nitrogens with zero attached hydrogens (tertiary/aromatic N) is 8. The van der Waals surface area contributed by atoms with Gasteiger partial charge in [-0.3, -0.25) is 4.79 Å². The minimum atomic E-state index is -0.597. The van der Waals surface area contributed by atoms with Gasteiger partial charge in [-0.05, 0) is 57.5 Å². The monoisotopic (exact) mass is 554 g/mol. The van der Waals surface area contributed by atoms with Crippen molar-refractivity contribution in [3.8, 4) is 11.6 Å². The van der Waals surface area contributed by atoms with Crippen LogP contribution in [0.2, 0.25) is 0 Å². The van der Waals surface area contributed by atoms with Gasteiger partial charge in [-0.1, -0.05) is 25.1 Å². The van der Waals surface area contributed by atoms with Crippen LogP contribution in [0.15, 0.2) is 54.9 Å². The Labute approximate surface area is 238 Å². The number of aryl methyl sites for hydroxylation is 1. The van der Waals surface area contributed by atoms with Gasteiger partial charge in [0.25, 0.3) is 0 Å². The van der Waals surface area contributed by atoms with Crippen molar-refractivity contribution in [2.45, 2.75) is 46.3 Å². The fraction of sp³-hybridized carbons (Fsp3) is 0.367. The highest BCUT2D eigenvalue weighted by molar-refractivity contribution is 5.88. The molecule has 0 amide bonds. The Morgan fingerprint density at radius 2 is 1.68 bits per heavy atom. The maximum absolute atomic E-state index is 12.8. The van der Waals surface area contributed by atoms with Crippen LogP contribution < -0.4 is 9.80 Å². The van der Waals surface area contributed by atoms with Crippen LogP contribution in [-0.4, -0.2) is 72.2 Å². The summed E-state index contributed by atoms with van der Waals surface area (Å²) in [6.07, 6.45) is 2.40. The van der Waals surface area contributed by atoms with E-state index in [1.165, 1.54) is 0 Å². The quantitative estimate of drug-likeness (QED) is 0.310. The second-order valence-electron chi connectivity index (χ2n) is 11.2. The van der Waals surface area contributed by atoms with Crippen molar-refractivity contribution >= 4 is 39.7 Å². The molecule has 5 aromatic rings. The lowest BCUT2D eigenvalue weighted by Crippen LogP contribution is -2.47. The van der Waals surface area contributed by atoms with E-state index >= 15 is 0 Å². The molecular weight excluding hydrogens is 520 g/mol. The van der Waals surface area contributed by atoms with Gasteiger partial charge in [0.2, 0.25) is 5.95 Å². The molecule has 11 nitrogen and oxygen atoms in total. The highest BCUT2D eigenvalue weighted by Crippen LogP contribution is 2.28. The highest BCUT2D eigenvalue weighted by atomic mass is 16.6. The third-order valence-corrected chi connectivity index (χ3v) is 7.13. The first-order chi connectivity index (χ1) is 19.7. The molecule has 1 N–H and O–H groups in total. The summed E-state index contributed by atoms with van der Waals surface area (Å²) in [6.45, 7) is 10.6. The summed E-state index contributed by atoms with van der Waals surface area (Å²) in [5, 5.41) is 15.7. The number of phenols is 1. The summed E-state index contributed by atoms with van der Waals surface area (Å²) in [7, 11) is 0. The fourth-order valence-corrected chi connectivity index (χ4v) is 5.22. The van der Waals surface area contributed by atoms with E-state index in [1.54, 1.807) is 23.0 Å². The Hall–Kier alpha value is -4.67. The number of rotatable bonds is 6. The first-order valence-corrected chi connectivity index (χ1v) is 13.9. The molecule has 1 aliphatic rings. The van der Waals surface area contributed by atoms with Crippen LogP contribution in [0.1, 0.15) is 33.4 Å². The van der Waals surface area contributed by atoms with Gasteiger partial charge in [0, 0.05) is 37.3 Å². The molecule has 6 rings (SSSR count). The molecule has 0 atom stereocenters. The lowest BCUT2D eigenvalue weighted by atomic mass is 10.2. The maximum Gasteiger partial charge on any atom is 0.326 e. The molecule has 0 radical (unpaired) electrons. The largest absolute Gasteiger partial charge is 0.508 e. The van der Waals surface area contributed by atoms with E-state index in [-0.39, 0.29) is 18.3 Å². The molecule has 41 heavy (non-hydrogen) atoms. The Balaban J connectivity index is 1.40. The molecular formula is C30H34N8O3. The van der Waals surface area contributed by atoms with Crippen molar-refractivity contribution in [3.05, 3.63) is 60.6 Å². The average Bonchev–Trinajstić information content (AvgIpc) is 3.53. The van der Waals surface area contributed by atoms with E-state index < -0.39 is 5.60 Å². The standard InChI is InChI=1S/C30H34N8O3/c1-5-23-22-8-6-7-9-24(22)38(34-23)28-26-27(37(19-31-26)18-25(40)41-30(2,3)4)32-29(33-28)36-16-14-35(15-17-36)20-10-12-21(39)13-11-20/h6-13,19,39H,5,14-18H2,1-4H3. The zero-order chi connectivity index (χ0) is 28.7. The second kappa shape index (κ2) is 10.4. The number of anilines is 2. The van der Waals surface area contributed by atoms with Crippen LogP contribution in [0.5, 0.6) is 5.75 Å². The van der Waals surface area contributed by atoms with Crippen LogP contribution in [0.4, 0.5) is 11.6 Å². The van der Waals surface area contributed by atoms with E-state index in [0.29, 0.717) is 36.0 Å². The molecule has 1 fully saturated rings. The Morgan fingerprint density at radius 1 is 0.976 bits per heavy atom. The predicted octanol–water partition coefficient (Wildman–Crippen LogP) is 4.10.